The predicted molar refractivity (Wildman–Crippen MR) is 62.6 cm³/mol. The summed E-state index contributed by atoms with van der Waals surface area (Å²) in [5, 5.41) is 21.2. The lowest BCUT2D eigenvalue weighted by molar-refractivity contribution is 0.166. The van der Waals surface area contributed by atoms with E-state index in [2.05, 4.69) is 20.3 Å². The first-order valence-electron chi connectivity index (χ1n) is 5.37. The highest BCUT2D eigenvalue weighted by Crippen LogP contribution is 2.24. The van der Waals surface area contributed by atoms with E-state index in [1.165, 1.54) is 6.33 Å². The van der Waals surface area contributed by atoms with Gasteiger partial charge in [-0.15, -0.1) is 0 Å². The molecule has 0 aliphatic carbocycles. The maximum absolute atomic E-state index is 9.96. The molecule has 0 amide bonds. The molecule has 7 heteroatoms. The van der Waals surface area contributed by atoms with Gasteiger partial charge in [-0.25, -0.2) is 4.98 Å². The van der Waals surface area contributed by atoms with E-state index in [9.17, 15) is 5.11 Å². The highest BCUT2D eigenvalue weighted by Gasteiger charge is 2.19. The van der Waals surface area contributed by atoms with Crippen LogP contribution in [0, 0.1) is 0 Å². The van der Waals surface area contributed by atoms with Crippen LogP contribution >= 0.6 is 11.6 Å². The third-order valence-electron chi connectivity index (χ3n) is 2.64. The number of aliphatic hydroxyl groups is 1. The van der Waals surface area contributed by atoms with Crippen LogP contribution in [-0.4, -0.2) is 30.1 Å². The van der Waals surface area contributed by atoms with Crippen molar-refractivity contribution >= 4 is 11.6 Å². The molecule has 17 heavy (non-hydrogen) atoms. The van der Waals surface area contributed by atoms with Gasteiger partial charge in [-0.2, -0.15) is 10.2 Å². The lowest BCUT2D eigenvalue weighted by atomic mass is 10.1. The van der Waals surface area contributed by atoms with Crippen molar-refractivity contribution in [3.05, 3.63) is 28.6 Å². The van der Waals surface area contributed by atoms with E-state index in [1.54, 1.807) is 4.68 Å². The number of rotatable bonds is 4. The van der Waals surface area contributed by atoms with E-state index in [4.69, 9.17) is 11.6 Å². The molecule has 2 aromatic heterocycles. The molecule has 1 unspecified atom stereocenters. The Labute approximate surface area is 104 Å². The Morgan fingerprint density at radius 3 is 2.88 bits per heavy atom. The van der Waals surface area contributed by atoms with E-state index in [0.717, 1.165) is 17.8 Å². The average Bonchev–Trinajstić information content (AvgIpc) is 2.92. The summed E-state index contributed by atoms with van der Waals surface area (Å²) in [6.07, 6.45) is 1.74. The molecular formula is C10H14ClN5O. The Balaban J connectivity index is 2.21. The summed E-state index contributed by atoms with van der Waals surface area (Å²) in [5.41, 5.74) is 1.64. The van der Waals surface area contributed by atoms with Crippen LogP contribution in [0.3, 0.4) is 0 Å². The lowest BCUT2D eigenvalue weighted by Gasteiger charge is -2.07. The van der Waals surface area contributed by atoms with Gasteiger partial charge in [-0.05, 0) is 6.42 Å². The number of H-pyrrole nitrogens is 1. The summed E-state index contributed by atoms with van der Waals surface area (Å²) in [6.45, 7) is 1.99. The van der Waals surface area contributed by atoms with Crippen molar-refractivity contribution < 1.29 is 5.11 Å². The fourth-order valence-corrected chi connectivity index (χ4v) is 2.07. The molecule has 0 saturated heterocycles. The molecular weight excluding hydrogens is 242 g/mol. The standard InChI is InChI=1S/C10H14ClN5O/c1-3-6-9(11)7(16(2)15-6)4-8(17)10-12-5-13-14-10/h5,8,17H,3-4H2,1-2H3,(H,12,13,14). The number of nitrogens with zero attached hydrogens (tertiary/aromatic N) is 4. The van der Waals surface area contributed by atoms with Gasteiger partial charge in [-0.1, -0.05) is 18.5 Å². The minimum atomic E-state index is -0.755. The topological polar surface area (TPSA) is 79.6 Å². The number of nitrogens with one attached hydrogen (secondary N) is 1. The lowest BCUT2D eigenvalue weighted by Crippen LogP contribution is -2.08. The van der Waals surface area contributed by atoms with Crippen molar-refractivity contribution in [2.24, 2.45) is 7.05 Å². The number of aliphatic hydroxyl groups excluding tert-OH is 1. The fraction of sp³-hybridized carbons (Fsp3) is 0.500. The van der Waals surface area contributed by atoms with Gasteiger partial charge in [0.05, 0.1) is 16.4 Å². The molecule has 2 aromatic rings. The number of halogens is 1. The van der Waals surface area contributed by atoms with Crippen molar-refractivity contribution in [3.8, 4) is 0 Å². The van der Waals surface area contributed by atoms with Gasteiger partial charge in [0.25, 0.3) is 0 Å². The van der Waals surface area contributed by atoms with Crippen LogP contribution in [-0.2, 0) is 19.9 Å². The molecule has 2 rings (SSSR count). The zero-order valence-electron chi connectivity index (χ0n) is 9.68. The zero-order valence-corrected chi connectivity index (χ0v) is 10.4. The van der Waals surface area contributed by atoms with Crippen LogP contribution in [0.25, 0.3) is 0 Å². The number of aromatic amines is 1. The average molecular weight is 256 g/mol. The number of aryl methyl sites for hydroxylation is 2. The minimum Gasteiger partial charge on any atom is -0.385 e. The van der Waals surface area contributed by atoms with Crippen LogP contribution in [0.15, 0.2) is 6.33 Å². The maximum Gasteiger partial charge on any atom is 0.153 e. The first-order chi connectivity index (χ1) is 8.13. The van der Waals surface area contributed by atoms with E-state index in [0.29, 0.717) is 17.3 Å². The molecule has 0 aliphatic heterocycles. The van der Waals surface area contributed by atoms with E-state index in [1.807, 2.05) is 14.0 Å². The number of hydrogen-bond donors (Lipinski definition) is 2. The van der Waals surface area contributed by atoms with Crippen molar-refractivity contribution in [1.82, 2.24) is 25.0 Å². The first kappa shape index (κ1) is 12.1. The van der Waals surface area contributed by atoms with Crippen molar-refractivity contribution in [2.45, 2.75) is 25.9 Å². The van der Waals surface area contributed by atoms with Gasteiger partial charge in [0, 0.05) is 13.5 Å². The Morgan fingerprint density at radius 1 is 1.59 bits per heavy atom. The third kappa shape index (κ3) is 2.32. The van der Waals surface area contributed by atoms with Crippen LogP contribution in [0.5, 0.6) is 0 Å². The maximum atomic E-state index is 9.96. The van der Waals surface area contributed by atoms with Crippen LogP contribution in [0.4, 0.5) is 0 Å². The van der Waals surface area contributed by atoms with Crippen LogP contribution in [0.1, 0.15) is 30.2 Å². The third-order valence-corrected chi connectivity index (χ3v) is 3.08. The normalized spacial score (nSPS) is 12.9. The highest BCUT2D eigenvalue weighted by atomic mass is 35.5. The summed E-state index contributed by atoms with van der Waals surface area (Å²) in [5.74, 6) is 0.431. The molecule has 2 N–H and O–H groups in total. The summed E-state index contributed by atoms with van der Waals surface area (Å²) >= 11 is 6.19. The molecule has 0 fully saturated rings. The van der Waals surface area contributed by atoms with Crippen LogP contribution < -0.4 is 0 Å². The second-order valence-electron chi connectivity index (χ2n) is 3.78. The zero-order chi connectivity index (χ0) is 12.4. The SMILES string of the molecule is CCc1nn(C)c(CC(O)c2ncn[nH]2)c1Cl. The first-order valence-corrected chi connectivity index (χ1v) is 5.74. The van der Waals surface area contributed by atoms with E-state index in [-0.39, 0.29) is 0 Å². The van der Waals surface area contributed by atoms with Crippen LogP contribution in [0.2, 0.25) is 5.02 Å². The molecule has 1 atom stereocenters. The Morgan fingerprint density at radius 2 is 2.35 bits per heavy atom. The summed E-state index contributed by atoms with van der Waals surface area (Å²) in [7, 11) is 1.81. The quantitative estimate of drug-likeness (QED) is 0.855. The van der Waals surface area contributed by atoms with Gasteiger partial charge in [-0.3, -0.25) is 9.78 Å². The Hall–Kier alpha value is -1.40. The summed E-state index contributed by atoms with van der Waals surface area (Å²) in [4.78, 5) is 3.91. The van der Waals surface area contributed by atoms with Crippen molar-refractivity contribution in [3.63, 3.8) is 0 Å². The largest absolute Gasteiger partial charge is 0.385 e. The minimum absolute atomic E-state index is 0.359. The fourth-order valence-electron chi connectivity index (χ4n) is 1.70. The van der Waals surface area contributed by atoms with Crippen molar-refractivity contribution in [2.75, 3.05) is 0 Å². The Kier molecular flexibility index (Phi) is 3.44. The van der Waals surface area contributed by atoms with Gasteiger partial charge >= 0.3 is 0 Å². The molecule has 92 valence electrons. The second kappa shape index (κ2) is 4.85. The smallest absolute Gasteiger partial charge is 0.153 e. The van der Waals surface area contributed by atoms with Gasteiger partial charge in [0.1, 0.15) is 12.4 Å². The van der Waals surface area contributed by atoms with E-state index >= 15 is 0 Å². The molecule has 0 aliphatic rings. The highest BCUT2D eigenvalue weighted by molar-refractivity contribution is 6.31. The van der Waals surface area contributed by atoms with Gasteiger partial charge in [0.15, 0.2) is 5.82 Å². The Bertz CT molecular complexity index is 493. The number of aromatic nitrogens is 5. The monoisotopic (exact) mass is 255 g/mol. The molecule has 0 spiro atoms. The van der Waals surface area contributed by atoms with Gasteiger partial charge < -0.3 is 5.11 Å². The van der Waals surface area contributed by atoms with Gasteiger partial charge in [0.2, 0.25) is 0 Å². The molecule has 2 heterocycles. The molecule has 6 nitrogen and oxygen atoms in total. The molecule has 0 radical (unpaired) electrons. The number of hydrogen-bond acceptors (Lipinski definition) is 4. The molecule has 0 bridgehead atoms. The van der Waals surface area contributed by atoms with Crippen molar-refractivity contribution in [1.29, 1.82) is 0 Å². The molecule has 0 saturated carbocycles. The summed E-state index contributed by atoms with van der Waals surface area (Å²) < 4.78 is 1.70. The summed E-state index contributed by atoms with van der Waals surface area (Å²) in [6, 6.07) is 0. The molecule has 0 aromatic carbocycles. The van der Waals surface area contributed by atoms with E-state index < -0.39 is 6.10 Å². The second-order valence-corrected chi connectivity index (χ2v) is 4.15. The predicted octanol–water partition coefficient (Wildman–Crippen LogP) is 1.03.